The second-order valence-electron chi connectivity index (χ2n) is 3.65. The van der Waals surface area contributed by atoms with E-state index in [-0.39, 0.29) is 13.2 Å². The van der Waals surface area contributed by atoms with Crippen molar-refractivity contribution in [2.75, 3.05) is 13.2 Å². The van der Waals surface area contributed by atoms with Crippen LogP contribution >= 0.6 is 0 Å². The molecule has 0 aliphatic carbocycles. The molecular formula is C13H14N2O3. The molecule has 2 aromatic heterocycles. The highest BCUT2D eigenvalue weighted by molar-refractivity contribution is 5.23. The van der Waals surface area contributed by atoms with Gasteiger partial charge in [0, 0.05) is 12.4 Å². The first-order valence-corrected chi connectivity index (χ1v) is 5.57. The molecular weight excluding hydrogens is 232 g/mol. The molecule has 0 saturated carbocycles. The van der Waals surface area contributed by atoms with Crippen molar-refractivity contribution in [3.8, 4) is 0 Å². The van der Waals surface area contributed by atoms with Crippen LogP contribution in [-0.2, 0) is 10.5 Å². The molecule has 18 heavy (non-hydrogen) atoms. The second kappa shape index (κ2) is 5.68. The third-order valence-corrected chi connectivity index (χ3v) is 2.43. The standard InChI is InChI=1S/C13H14N2O3/c16-9-10-18-13(17,11-5-1-3-7-14-11)12-6-2-4-8-15-12/h1-8,16-17H,9-10H2. The van der Waals surface area contributed by atoms with Gasteiger partial charge in [-0.15, -0.1) is 0 Å². The van der Waals surface area contributed by atoms with E-state index in [4.69, 9.17) is 9.84 Å². The Balaban J connectivity index is 2.41. The molecule has 2 heterocycles. The van der Waals surface area contributed by atoms with E-state index in [1.54, 1.807) is 48.8 Å². The summed E-state index contributed by atoms with van der Waals surface area (Å²) in [5.41, 5.74) is 0.661. The summed E-state index contributed by atoms with van der Waals surface area (Å²) in [5, 5.41) is 19.5. The number of aliphatic hydroxyl groups is 2. The number of hydrogen-bond donors (Lipinski definition) is 2. The van der Waals surface area contributed by atoms with Crippen molar-refractivity contribution < 1.29 is 14.9 Å². The summed E-state index contributed by atoms with van der Waals surface area (Å²) in [6, 6.07) is 10.3. The van der Waals surface area contributed by atoms with Crippen LogP contribution in [0.25, 0.3) is 0 Å². The zero-order chi connectivity index (χ0) is 12.8. The van der Waals surface area contributed by atoms with Gasteiger partial charge in [0.15, 0.2) is 0 Å². The fraction of sp³-hybridized carbons (Fsp3) is 0.231. The number of hydrogen-bond acceptors (Lipinski definition) is 5. The van der Waals surface area contributed by atoms with Crippen LogP contribution in [0.2, 0.25) is 0 Å². The van der Waals surface area contributed by atoms with Gasteiger partial charge in [-0.1, -0.05) is 12.1 Å². The van der Waals surface area contributed by atoms with Crippen molar-refractivity contribution in [1.29, 1.82) is 0 Å². The quantitative estimate of drug-likeness (QED) is 0.759. The fourth-order valence-corrected chi connectivity index (χ4v) is 1.60. The molecule has 2 aromatic rings. The van der Waals surface area contributed by atoms with Gasteiger partial charge in [0.2, 0.25) is 0 Å². The maximum Gasteiger partial charge on any atom is 0.254 e. The third kappa shape index (κ3) is 2.53. The Morgan fingerprint density at radius 3 is 1.94 bits per heavy atom. The minimum Gasteiger partial charge on any atom is -0.394 e. The molecule has 0 aromatic carbocycles. The lowest BCUT2D eigenvalue weighted by atomic mass is 10.1. The highest BCUT2D eigenvalue weighted by Gasteiger charge is 2.35. The van der Waals surface area contributed by atoms with Gasteiger partial charge in [0.1, 0.15) is 11.4 Å². The molecule has 0 spiro atoms. The Morgan fingerprint density at radius 1 is 1.00 bits per heavy atom. The molecule has 2 N–H and O–H groups in total. The van der Waals surface area contributed by atoms with E-state index in [1.165, 1.54) is 0 Å². The van der Waals surface area contributed by atoms with Crippen molar-refractivity contribution >= 4 is 0 Å². The van der Waals surface area contributed by atoms with Crippen molar-refractivity contribution in [2.24, 2.45) is 0 Å². The highest BCUT2D eigenvalue weighted by atomic mass is 16.6. The Bertz CT molecular complexity index is 437. The van der Waals surface area contributed by atoms with Crippen LogP contribution in [0.4, 0.5) is 0 Å². The maximum atomic E-state index is 10.6. The molecule has 0 amide bonds. The summed E-state index contributed by atoms with van der Waals surface area (Å²) in [6.07, 6.45) is 3.12. The number of aliphatic hydroxyl groups excluding tert-OH is 1. The van der Waals surface area contributed by atoms with E-state index < -0.39 is 5.79 Å². The van der Waals surface area contributed by atoms with Gasteiger partial charge < -0.3 is 14.9 Å². The lowest BCUT2D eigenvalue weighted by molar-refractivity contribution is -0.190. The summed E-state index contributed by atoms with van der Waals surface area (Å²) in [6.45, 7) is -0.203. The highest BCUT2D eigenvalue weighted by Crippen LogP contribution is 2.27. The summed E-state index contributed by atoms with van der Waals surface area (Å²) in [5.74, 6) is -1.74. The Kier molecular flexibility index (Phi) is 3.99. The average molecular weight is 246 g/mol. The number of aromatic nitrogens is 2. The summed E-state index contributed by atoms with van der Waals surface area (Å²) in [7, 11) is 0. The molecule has 0 aliphatic heterocycles. The van der Waals surface area contributed by atoms with E-state index >= 15 is 0 Å². The van der Waals surface area contributed by atoms with E-state index in [9.17, 15) is 5.11 Å². The molecule has 5 nitrogen and oxygen atoms in total. The lowest BCUT2D eigenvalue weighted by Gasteiger charge is -2.26. The van der Waals surface area contributed by atoms with E-state index in [0.29, 0.717) is 11.4 Å². The van der Waals surface area contributed by atoms with E-state index in [1.807, 2.05) is 0 Å². The molecule has 0 aliphatic rings. The molecule has 0 fully saturated rings. The minimum atomic E-state index is -1.74. The maximum absolute atomic E-state index is 10.6. The SMILES string of the molecule is OCCOC(O)(c1ccccn1)c1ccccn1. The van der Waals surface area contributed by atoms with Crippen LogP contribution < -0.4 is 0 Å². The predicted molar refractivity (Wildman–Crippen MR) is 64.5 cm³/mol. The van der Waals surface area contributed by atoms with Crippen LogP contribution in [-0.4, -0.2) is 33.4 Å². The van der Waals surface area contributed by atoms with Crippen molar-refractivity contribution in [3.63, 3.8) is 0 Å². The van der Waals surface area contributed by atoms with Gasteiger partial charge in [-0.3, -0.25) is 9.97 Å². The molecule has 0 unspecified atom stereocenters. The average Bonchev–Trinajstić information content (AvgIpc) is 2.46. The molecule has 5 heteroatoms. The van der Waals surface area contributed by atoms with Crippen molar-refractivity contribution in [1.82, 2.24) is 9.97 Å². The first-order chi connectivity index (χ1) is 8.77. The predicted octanol–water partition coefficient (Wildman–Crippen LogP) is 0.679. The summed E-state index contributed by atoms with van der Waals surface area (Å²) in [4.78, 5) is 8.17. The van der Waals surface area contributed by atoms with Gasteiger partial charge >= 0.3 is 0 Å². The molecule has 0 atom stereocenters. The van der Waals surface area contributed by atoms with Crippen LogP contribution in [0.3, 0.4) is 0 Å². The number of ether oxygens (including phenoxy) is 1. The number of nitrogens with zero attached hydrogens (tertiary/aromatic N) is 2. The van der Waals surface area contributed by atoms with Crippen LogP contribution in [0.15, 0.2) is 48.8 Å². The fourth-order valence-electron chi connectivity index (χ4n) is 1.60. The number of rotatable bonds is 5. The van der Waals surface area contributed by atoms with Crippen molar-refractivity contribution in [2.45, 2.75) is 5.79 Å². The molecule has 2 rings (SSSR count). The van der Waals surface area contributed by atoms with Gasteiger partial charge in [-0.25, -0.2) is 0 Å². The van der Waals surface area contributed by atoms with Crippen LogP contribution in [0.1, 0.15) is 11.4 Å². The molecule has 0 saturated heterocycles. The number of pyridine rings is 2. The van der Waals surface area contributed by atoms with Crippen molar-refractivity contribution in [3.05, 3.63) is 60.2 Å². The lowest BCUT2D eigenvalue weighted by Crippen LogP contribution is -2.34. The summed E-state index contributed by atoms with van der Waals surface area (Å²) < 4.78 is 5.33. The Labute approximate surface area is 105 Å². The first-order valence-electron chi connectivity index (χ1n) is 5.57. The molecule has 0 bridgehead atoms. The zero-order valence-electron chi connectivity index (χ0n) is 9.73. The van der Waals surface area contributed by atoms with Gasteiger partial charge in [0.25, 0.3) is 5.79 Å². The second-order valence-corrected chi connectivity index (χ2v) is 3.65. The third-order valence-electron chi connectivity index (χ3n) is 2.43. The molecule has 0 radical (unpaired) electrons. The Morgan fingerprint density at radius 2 is 1.56 bits per heavy atom. The van der Waals surface area contributed by atoms with Gasteiger partial charge in [0.05, 0.1) is 13.2 Å². The monoisotopic (exact) mass is 246 g/mol. The molecule has 94 valence electrons. The smallest absolute Gasteiger partial charge is 0.254 e. The van der Waals surface area contributed by atoms with Crippen LogP contribution in [0.5, 0.6) is 0 Å². The largest absolute Gasteiger partial charge is 0.394 e. The topological polar surface area (TPSA) is 75.5 Å². The normalized spacial score (nSPS) is 11.4. The summed E-state index contributed by atoms with van der Waals surface area (Å²) >= 11 is 0. The van der Waals surface area contributed by atoms with Gasteiger partial charge in [-0.05, 0) is 24.3 Å². The Hall–Kier alpha value is -1.82. The van der Waals surface area contributed by atoms with Gasteiger partial charge in [-0.2, -0.15) is 0 Å². The van der Waals surface area contributed by atoms with E-state index in [2.05, 4.69) is 9.97 Å². The minimum absolute atomic E-state index is 0.0103. The van der Waals surface area contributed by atoms with E-state index in [0.717, 1.165) is 0 Å². The zero-order valence-corrected chi connectivity index (χ0v) is 9.73. The van der Waals surface area contributed by atoms with Crippen LogP contribution in [0, 0.1) is 0 Å². The first kappa shape index (κ1) is 12.6.